The first-order valence-corrected chi connectivity index (χ1v) is 3.19. The number of hydrogen-bond donors (Lipinski definition) is 1. The second-order valence-electron chi connectivity index (χ2n) is 1.21. The molecule has 0 aliphatic rings. The lowest BCUT2D eigenvalue weighted by Crippen LogP contribution is -2.25. The minimum absolute atomic E-state index is 0.0677. The molecule has 0 spiro atoms. The highest BCUT2D eigenvalue weighted by molar-refractivity contribution is 14.1. The zero-order chi connectivity index (χ0) is 6.41. The first kappa shape index (κ1) is 8.16. The molecule has 1 amide bonds. The number of amides is 1. The summed E-state index contributed by atoms with van der Waals surface area (Å²) in [6, 6.07) is 0. The van der Waals surface area contributed by atoms with Crippen LogP contribution in [0.15, 0.2) is 0 Å². The molecule has 0 radical (unpaired) electrons. The number of rotatable bonds is 3. The molecule has 1 N–H and O–H groups in total. The van der Waals surface area contributed by atoms with Crippen molar-refractivity contribution < 1.29 is 7.86 Å². The second kappa shape index (κ2) is 5.30. The number of carbonyl (C=O) groups excluding carboxylic acids is 1. The Morgan fingerprint density at radius 2 is 2.50 bits per heavy atom. The van der Waals surface area contributed by atoms with E-state index < -0.39 is 0 Å². The average Bonchev–Trinajstić information content (AvgIpc) is 1.68. The fourth-order valence-electron chi connectivity index (χ4n) is 0.298. The van der Waals surface area contributed by atoms with Crippen LogP contribution in [0.25, 0.3) is 0 Å². The molecular formula is C4H8INO2. The van der Waals surface area contributed by atoms with E-state index in [-0.39, 0.29) is 12.5 Å². The van der Waals surface area contributed by atoms with E-state index in [9.17, 15) is 4.79 Å². The Kier molecular flexibility index (Phi) is 5.41. The predicted molar refractivity (Wildman–Crippen MR) is 38.7 cm³/mol. The van der Waals surface area contributed by atoms with Crippen molar-refractivity contribution in [3.05, 3.63) is 0 Å². The molecule has 0 saturated carbocycles. The van der Waals surface area contributed by atoms with Gasteiger partial charge in [-0.2, -0.15) is 0 Å². The van der Waals surface area contributed by atoms with Crippen molar-refractivity contribution in [3.8, 4) is 0 Å². The van der Waals surface area contributed by atoms with Crippen molar-refractivity contribution in [2.75, 3.05) is 13.2 Å². The Morgan fingerprint density at radius 3 is 2.88 bits per heavy atom. The van der Waals surface area contributed by atoms with Crippen LogP contribution in [-0.4, -0.2) is 19.1 Å². The summed E-state index contributed by atoms with van der Waals surface area (Å²) in [5, 5.41) is 2.58. The minimum atomic E-state index is -0.0677. The van der Waals surface area contributed by atoms with Crippen LogP contribution in [0.5, 0.6) is 0 Å². The molecule has 48 valence electrons. The molecule has 0 rings (SSSR count). The Labute approximate surface area is 62.5 Å². The fourth-order valence-corrected chi connectivity index (χ4v) is 0.581. The Hall–Kier alpha value is 0.160. The molecule has 3 nitrogen and oxygen atoms in total. The van der Waals surface area contributed by atoms with Gasteiger partial charge in [0.15, 0.2) is 0 Å². The average molecular weight is 229 g/mol. The number of hydrogen-bond acceptors (Lipinski definition) is 2. The predicted octanol–water partition coefficient (Wildman–Crippen LogP) is 0.489. The SMILES string of the molecule is CCNC(=O)COI. The standard InChI is InChI=1S/C4H8INO2/c1-2-6-4(7)3-8-5/h2-3H2,1H3,(H,6,7). The highest BCUT2D eigenvalue weighted by atomic mass is 127. The third-order valence-electron chi connectivity index (χ3n) is 0.560. The number of likely N-dealkylation sites (N-methyl/N-ethyl adjacent to an activating group) is 1. The van der Waals surface area contributed by atoms with Gasteiger partial charge in [-0.15, -0.1) is 0 Å². The fraction of sp³-hybridized carbons (Fsp3) is 0.750. The van der Waals surface area contributed by atoms with E-state index in [0.717, 1.165) is 0 Å². The lowest BCUT2D eigenvalue weighted by Gasteiger charge is -1.96. The van der Waals surface area contributed by atoms with Gasteiger partial charge in [0.25, 0.3) is 0 Å². The van der Waals surface area contributed by atoms with Crippen molar-refractivity contribution in [3.63, 3.8) is 0 Å². The van der Waals surface area contributed by atoms with Crippen LogP contribution in [0.3, 0.4) is 0 Å². The molecule has 8 heavy (non-hydrogen) atoms. The van der Waals surface area contributed by atoms with Gasteiger partial charge in [0.2, 0.25) is 5.91 Å². The summed E-state index contributed by atoms with van der Waals surface area (Å²) >= 11 is 1.68. The lowest BCUT2D eigenvalue weighted by molar-refractivity contribution is -0.122. The van der Waals surface area contributed by atoms with Crippen LogP contribution in [-0.2, 0) is 7.86 Å². The van der Waals surface area contributed by atoms with Crippen molar-refractivity contribution >= 4 is 28.9 Å². The number of halogens is 1. The van der Waals surface area contributed by atoms with E-state index >= 15 is 0 Å². The maximum Gasteiger partial charge on any atom is 0.247 e. The highest BCUT2D eigenvalue weighted by Gasteiger charge is 1.94. The molecule has 0 aromatic carbocycles. The Balaban J connectivity index is 3.06. The Morgan fingerprint density at radius 1 is 1.88 bits per heavy atom. The molecule has 0 heterocycles. The lowest BCUT2D eigenvalue weighted by atomic mass is 10.6. The van der Waals surface area contributed by atoms with Gasteiger partial charge >= 0.3 is 0 Å². The normalized spacial score (nSPS) is 8.75. The smallest absolute Gasteiger partial charge is 0.247 e. The summed E-state index contributed by atoms with van der Waals surface area (Å²) in [4.78, 5) is 10.4. The summed E-state index contributed by atoms with van der Waals surface area (Å²) in [6.45, 7) is 2.68. The molecule has 0 bridgehead atoms. The van der Waals surface area contributed by atoms with Gasteiger partial charge in [-0.3, -0.25) is 4.79 Å². The van der Waals surface area contributed by atoms with E-state index in [4.69, 9.17) is 0 Å². The maximum absolute atomic E-state index is 10.4. The van der Waals surface area contributed by atoms with Crippen LogP contribution in [0.2, 0.25) is 0 Å². The molecule has 4 heteroatoms. The van der Waals surface area contributed by atoms with E-state index in [1.54, 1.807) is 23.0 Å². The van der Waals surface area contributed by atoms with Gasteiger partial charge in [-0.05, 0) is 6.92 Å². The van der Waals surface area contributed by atoms with Gasteiger partial charge in [0.05, 0.1) is 0 Å². The molecule has 0 aliphatic heterocycles. The first-order chi connectivity index (χ1) is 3.81. The summed E-state index contributed by atoms with van der Waals surface area (Å²) in [6.07, 6.45) is 0. The molecular weight excluding hydrogens is 221 g/mol. The van der Waals surface area contributed by atoms with Crippen molar-refractivity contribution in [1.29, 1.82) is 0 Å². The summed E-state index contributed by atoms with van der Waals surface area (Å²) in [5.74, 6) is -0.0677. The highest BCUT2D eigenvalue weighted by Crippen LogP contribution is 1.82. The second-order valence-corrected chi connectivity index (χ2v) is 1.83. The molecule has 0 fully saturated rings. The minimum Gasteiger partial charge on any atom is -0.354 e. The summed E-state index contributed by atoms with van der Waals surface area (Å²) in [5.41, 5.74) is 0. The van der Waals surface area contributed by atoms with Crippen molar-refractivity contribution in [2.45, 2.75) is 6.92 Å². The van der Waals surface area contributed by atoms with Crippen LogP contribution >= 0.6 is 23.0 Å². The van der Waals surface area contributed by atoms with E-state index in [2.05, 4.69) is 8.38 Å². The monoisotopic (exact) mass is 229 g/mol. The van der Waals surface area contributed by atoms with E-state index in [1.807, 2.05) is 6.92 Å². The van der Waals surface area contributed by atoms with Crippen LogP contribution in [0.4, 0.5) is 0 Å². The van der Waals surface area contributed by atoms with Crippen LogP contribution in [0, 0.1) is 0 Å². The van der Waals surface area contributed by atoms with Crippen molar-refractivity contribution in [1.82, 2.24) is 5.32 Å². The zero-order valence-electron chi connectivity index (χ0n) is 4.61. The maximum atomic E-state index is 10.4. The molecule has 0 aromatic heterocycles. The molecule has 0 aromatic rings. The van der Waals surface area contributed by atoms with Crippen LogP contribution in [0.1, 0.15) is 6.92 Å². The molecule has 0 unspecified atom stereocenters. The van der Waals surface area contributed by atoms with Gasteiger partial charge < -0.3 is 8.38 Å². The number of carbonyl (C=O) groups is 1. The first-order valence-electron chi connectivity index (χ1n) is 2.31. The largest absolute Gasteiger partial charge is 0.354 e. The Bertz CT molecular complexity index is 68.4. The van der Waals surface area contributed by atoms with E-state index in [1.165, 1.54) is 0 Å². The van der Waals surface area contributed by atoms with Gasteiger partial charge in [-0.25, -0.2) is 0 Å². The van der Waals surface area contributed by atoms with Crippen molar-refractivity contribution in [2.24, 2.45) is 0 Å². The van der Waals surface area contributed by atoms with Crippen LogP contribution < -0.4 is 5.32 Å². The van der Waals surface area contributed by atoms with Gasteiger partial charge in [-0.1, -0.05) is 0 Å². The van der Waals surface area contributed by atoms with Gasteiger partial charge in [0.1, 0.15) is 29.6 Å². The molecule has 0 aliphatic carbocycles. The zero-order valence-corrected chi connectivity index (χ0v) is 6.77. The summed E-state index contributed by atoms with van der Waals surface area (Å²) in [7, 11) is 0. The van der Waals surface area contributed by atoms with Gasteiger partial charge in [0, 0.05) is 6.54 Å². The third kappa shape index (κ3) is 4.32. The third-order valence-corrected chi connectivity index (χ3v) is 0.871. The molecule has 0 atom stereocenters. The molecule has 0 saturated heterocycles. The van der Waals surface area contributed by atoms with E-state index in [0.29, 0.717) is 6.54 Å². The quantitative estimate of drug-likeness (QED) is 0.715. The summed E-state index contributed by atoms with van der Waals surface area (Å²) < 4.78 is 4.51. The topological polar surface area (TPSA) is 38.3 Å². The number of nitrogens with one attached hydrogen (secondary N) is 1.